The predicted molar refractivity (Wildman–Crippen MR) is 107 cm³/mol. The molecule has 1 aromatic carbocycles. The van der Waals surface area contributed by atoms with Gasteiger partial charge in [0, 0.05) is 16.5 Å². The maximum Gasteiger partial charge on any atom is 0.0853 e. The Morgan fingerprint density at radius 1 is 0.920 bits per heavy atom. The second-order valence-electron chi connectivity index (χ2n) is 6.38. The number of thiophene rings is 1. The van der Waals surface area contributed by atoms with E-state index in [9.17, 15) is 5.11 Å². The molecule has 0 spiro atoms. The smallest absolute Gasteiger partial charge is 0.0853 e. The molecular weight excluding hydrogens is 326 g/mol. The lowest BCUT2D eigenvalue weighted by Crippen LogP contribution is -1.95. The van der Waals surface area contributed by atoms with Crippen LogP contribution < -0.4 is 0 Å². The summed E-state index contributed by atoms with van der Waals surface area (Å²) in [5, 5.41) is 13.6. The van der Waals surface area contributed by atoms with Gasteiger partial charge < -0.3 is 5.11 Å². The van der Waals surface area contributed by atoms with E-state index < -0.39 is 0 Å². The molecule has 0 bridgehead atoms. The quantitative estimate of drug-likeness (QED) is 0.498. The van der Waals surface area contributed by atoms with E-state index in [0.29, 0.717) is 5.69 Å². The number of aliphatic hydroxyl groups is 1. The lowest BCUT2D eigenvalue weighted by Gasteiger charge is -2.10. The van der Waals surface area contributed by atoms with Gasteiger partial charge in [0.1, 0.15) is 0 Å². The van der Waals surface area contributed by atoms with Crippen molar-refractivity contribution in [2.75, 3.05) is 0 Å². The summed E-state index contributed by atoms with van der Waals surface area (Å²) in [6.07, 6.45) is 6.33. The zero-order chi connectivity index (χ0) is 17.5. The summed E-state index contributed by atoms with van der Waals surface area (Å²) in [5.41, 5.74) is 6.46. The maximum atomic E-state index is 9.42. The molecule has 130 valence electrons. The Labute approximate surface area is 154 Å². The van der Waals surface area contributed by atoms with E-state index in [1.54, 1.807) is 11.3 Å². The second kappa shape index (κ2) is 8.93. The number of nitrogens with zero attached hydrogens (tertiary/aromatic N) is 1. The van der Waals surface area contributed by atoms with Gasteiger partial charge in [0.2, 0.25) is 0 Å². The van der Waals surface area contributed by atoms with Gasteiger partial charge in [0.05, 0.1) is 18.0 Å². The number of aromatic nitrogens is 1. The van der Waals surface area contributed by atoms with E-state index in [0.717, 1.165) is 23.2 Å². The van der Waals surface area contributed by atoms with Gasteiger partial charge >= 0.3 is 0 Å². The predicted octanol–water partition coefficient (Wildman–Crippen LogP) is 6.09. The molecule has 3 heteroatoms. The van der Waals surface area contributed by atoms with Crippen molar-refractivity contribution in [1.29, 1.82) is 0 Å². The first kappa shape index (κ1) is 17.8. The van der Waals surface area contributed by atoms with Crippen LogP contribution in [-0.4, -0.2) is 10.1 Å². The standard InChI is InChI=1S/C22H25NOS/c1-2-3-4-5-6-17-7-9-18(10-8-17)21-12-11-20(15-24)23-22(21)19-13-14-25-16-19/h7-14,16,24H,2-6,15H2,1H3. The molecule has 0 saturated carbocycles. The van der Waals surface area contributed by atoms with Gasteiger partial charge in [-0.2, -0.15) is 11.3 Å². The Bertz CT molecular complexity index is 778. The largest absolute Gasteiger partial charge is 0.390 e. The van der Waals surface area contributed by atoms with Gasteiger partial charge in [0.25, 0.3) is 0 Å². The van der Waals surface area contributed by atoms with Crippen molar-refractivity contribution in [3.8, 4) is 22.4 Å². The highest BCUT2D eigenvalue weighted by atomic mass is 32.1. The minimum atomic E-state index is -0.0336. The molecule has 25 heavy (non-hydrogen) atoms. The third-order valence-corrected chi connectivity index (χ3v) is 5.18. The molecule has 2 aromatic heterocycles. The molecule has 0 fully saturated rings. The Hall–Kier alpha value is -1.97. The highest BCUT2D eigenvalue weighted by molar-refractivity contribution is 7.08. The van der Waals surface area contributed by atoms with Crippen molar-refractivity contribution < 1.29 is 5.11 Å². The minimum absolute atomic E-state index is 0.0336. The third-order valence-electron chi connectivity index (χ3n) is 4.49. The zero-order valence-corrected chi connectivity index (χ0v) is 15.6. The van der Waals surface area contributed by atoms with Gasteiger partial charge in [-0.3, -0.25) is 0 Å². The maximum absolute atomic E-state index is 9.42. The van der Waals surface area contributed by atoms with Crippen LogP contribution >= 0.6 is 11.3 Å². The number of hydrogen-bond donors (Lipinski definition) is 1. The fourth-order valence-electron chi connectivity index (χ4n) is 3.05. The first-order valence-corrected chi connectivity index (χ1v) is 9.98. The van der Waals surface area contributed by atoms with E-state index in [4.69, 9.17) is 0 Å². The molecule has 0 amide bonds. The Morgan fingerprint density at radius 3 is 2.44 bits per heavy atom. The molecule has 0 aliphatic rings. The van der Waals surface area contributed by atoms with Crippen LogP contribution in [0.25, 0.3) is 22.4 Å². The SMILES string of the molecule is CCCCCCc1ccc(-c2ccc(CO)nc2-c2ccsc2)cc1. The summed E-state index contributed by atoms with van der Waals surface area (Å²) in [4.78, 5) is 4.66. The number of pyridine rings is 1. The molecule has 3 rings (SSSR count). The number of aliphatic hydroxyl groups excluding tert-OH is 1. The average molecular weight is 352 g/mol. The van der Waals surface area contributed by atoms with Gasteiger partial charge in [-0.1, -0.05) is 56.5 Å². The summed E-state index contributed by atoms with van der Waals surface area (Å²) in [6.45, 7) is 2.21. The van der Waals surface area contributed by atoms with E-state index in [2.05, 4.69) is 59.1 Å². The molecule has 2 heterocycles. The van der Waals surface area contributed by atoms with Crippen LogP contribution in [0.5, 0.6) is 0 Å². The fraction of sp³-hybridized carbons (Fsp3) is 0.318. The minimum Gasteiger partial charge on any atom is -0.390 e. The third kappa shape index (κ3) is 4.56. The summed E-state index contributed by atoms with van der Waals surface area (Å²) in [7, 11) is 0. The molecule has 0 saturated heterocycles. The number of unbranched alkanes of at least 4 members (excludes halogenated alkanes) is 3. The number of benzene rings is 1. The molecule has 0 radical (unpaired) electrons. The van der Waals surface area contributed by atoms with E-state index in [1.165, 1.54) is 36.8 Å². The van der Waals surface area contributed by atoms with Crippen LogP contribution in [0, 0.1) is 0 Å². The van der Waals surface area contributed by atoms with Crippen molar-refractivity contribution in [1.82, 2.24) is 4.98 Å². The van der Waals surface area contributed by atoms with E-state index in [-0.39, 0.29) is 6.61 Å². The summed E-state index contributed by atoms with van der Waals surface area (Å²) < 4.78 is 0. The Morgan fingerprint density at radius 2 is 1.76 bits per heavy atom. The Kier molecular flexibility index (Phi) is 6.37. The van der Waals surface area contributed by atoms with Crippen molar-refractivity contribution in [2.45, 2.75) is 45.6 Å². The normalized spacial score (nSPS) is 11.0. The lowest BCUT2D eigenvalue weighted by molar-refractivity contribution is 0.277. The number of rotatable bonds is 8. The highest BCUT2D eigenvalue weighted by Crippen LogP contribution is 2.32. The summed E-state index contributed by atoms with van der Waals surface area (Å²) in [6, 6.07) is 14.9. The summed E-state index contributed by atoms with van der Waals surface area (Å²) in [5.74, 6) is 0. The number of hydrogen-bond acceptors (Lipinski definition) is 3. The van der Waals surface area contributed by atoms with Gasteiger partial charge in [0.15, 0.2) is 0 Å². The van der Waals surface area contributed by atoms with Crippen LogP contribution in [0.2, 0.25) is 0 Å². The first-order valence-electron chi connectivity index (χ1n) is 9.04. The molecule has 1 N–H and O–H groups in total. The lowest BCUT2D eigenvalue weighted by atomic mass is 9.98. The second-order valence-corrected chi connectivity index (χ2v) is 7.16. The van der Waals surface area contributed by atoms with Crippen LogP contribution in [0.1, 0.15) is 43.9 Å². The average Bonchev–Trinajstić information content (AvgIpc) is 3.20. The van der Waals surface area contributed by atoms with Crippen LogP contribution in [-0.2, 0) is 13.0 Å². The van der Waals surface area contributed by atoms with Gasteiger partial charge in [-0.05, 0) is 41.5 Å². The van der Waals surface area contributed by atoms with Crippen molar-refractivity contribution in [3.63, 3.8) is 0 Å². The van der Waals surface area contributed by atoms with E-state index >= 15 is 0 Å². The number of aryl methyl sites for hydroxylation is 1. The molecular formula is C22H25NOS. The van der Waals surface area contributed by atoms with E-state index in [1.807, 2.05) is 6.07 Å². The van der Waals surface area contributed by atoms with Crippen LogP contribution in [0.4, 0.5) is 0 Å². The van der Waals surface area contributed by atoms with Crippen molar-refractivity contribution in [3.05, 3.63) is 64.5 Å². The topological polar surface area (TPSA) is 33.1 Å². The zero-order valence-electron chi connectivity index (χ0n) is 14.7. The fourth-order valence-corrected chi connectivity index (χ4v) is 3.69. The van der Waals surface area contributed by atoms with Crippen molar-refractivity contribution >= 4 is 11.3 Å². The Balaban J connectivity index is 1.84. The van der Waals surface area contributed by atoms with Crippen LogP contribution in [0.15, 0.2) is 53.2 Å². The molecule has 3 aromatic rings. The van der Waals surface area contributed by atoms with Crippen molar-refractivity contribution in [2.24, 2.45) is 0 Å². The van der Waals surface area contributed by atoms with Crippen LogP contribution in [0.3, 0.4) is 0 Å². The van der Waals surface area contributed by atoms with Gasteiger partial charge in [-0.25, -0.2) is 4.98 Å². The highest BCUT2D eigenvalue weighted by Gasteiger charge is 2.11. The molecule has 2 nitrogen and oxygen atoms in total. The first-order chi connectivity index (χ1) is 12.3. The molecule has 0 aliphatic carbocycles. The molecule has 0 aliphatic heterocycles. The molecule has 0 unspecified atom stereocenters. The summed E-state index contributed by atoms with van der Waals surface area (Å²) >= 11 is 1.66. The molecule has 0 atom stereocenters. The monoisotopic (exact) mass is 351 g/mol. The van der Waals surface area contributed by atoms with Gasteiger partial charge in [-0.15, -0.1) is 0 Å².